The summed E-state index contributed by atoms with van der Waals surface area (Å²) in [5.74, 6) is -0.300. The average molecular weight is 489 g/mol. The van der Waals surface area contributed by atoms with E-state index in [-0.39, 0.29) is 21.4 Å². The molecule has 0 spiro atoms. The van der Waals surface area contributed by atoms with Gasteiger partial charge in [-0.15, -0.1) is 0 Å². The number of nitrogens with one attached hydrogen (secondary N) is 1. The summed E-state index contributed by atoms with van der Waals surface area (Å²) in [6.07, 6.45) is 2.10. The molecule has 170 valence electrons. The van der Waals surface area contributed by atoms with E-state index in [2.05, 4.69) is 5.32 Å². The van der Waals surface area contributed by atoms with E-state index < -0.39 is 37.9 Å². The molecule has 0 aliphatic rings. The van der Waals surface area contributed by atoms with Gasteiger partial charge >= 0.3 is 0 Å². The molecule has 11 heteroatoms. The van der Waals surface area contributed by atoms with Crippen LogP contribution in [0, 0.1) is 0 Å². The van der Waals surface area contributed by atoms with Crippen LogP contribution < -0.4 is 14.4 Å². The van der Waals surface area contributed by atoms with Crippen molar-refractivity contribution in [2.24, 2.45) is 0 Å². The number of hydrogen-bond acceptors (Lipinski definition) is 6. The fourth-order valence-electron chi connectivity index (χ4n) is 3.04. The van der Waals surface area contributed by atoms with Gasteiger partial charge in [0.05, 0.1) is 30.0 Å². The van der Waals surface area contributed by atoms with Gasteiger partial charge in [-0.1, -0.05) is 23.7 Å². The minimum atomic E-state index is -3.87. The second-order valence-corrected chi connectivity index (χ2v) is 11.4. The molecule has 2 aromatic carbocycles. The molecule has 1 N–H and O–H groups in total. The van der Waals surface area contributed by atoms with Crippen LogP contribution in [0.3, 0.4) is 0 Å². The van der Waals surface area contributed by atoms with Crippen molar-refractivity contribution in [3.8, 4) is 5.75 Å². The number of carbonyl (C=O) groups excluding carboxylic acids is 1. The van der Waals surface area contributed by atoms with Gasteiger partial charge in [-0.2, -0.15) is 0 Å². The summed E-state index contributed by atoms with van der Waals surface area (Å²) in [6, 6.07) is 8.99. The lowest BCUT2D eigenvalue weighted by Crippen LogP contribution is -2.48. The first-order chi connectivity index (χ1) is 14.3. The van der Waals surface area contributed by atoms with Gasteiger partial charge in [-0.25, -0.2) is 16.8 Å². The lowest BCUT2D eigenvalue weighted by molar-refractivity contribution is -0.122. The molecule has 0 heterocycles. The highest BCUT2D eigenvalue weighted by Crippen LogP contribution is 2.34. The Morgan fingerprint density at radius 2 is 1.61 bits per heavy atom. The number of methoxy groups -OCH3 is 1. The van der Waals surface area contributed by atoms with E-state index in [4.69, 9.17) is 16.3 Å². The van der Waals surface area contributed by atoms with Crippen molar-refractivity contribution in [1.29, 1.82) is 0 Å². The van der Waals surface area contributed by atoms with Crippen LogP contribution in [0.5, 0.6) is 5.75 Å². The summed E-state index contributed by atoms with van der Waals surface area (Å²) >= 11 is 6.04. The number of halogens is 1. The molecule has 0 aliphatic heterocycles. The van der Waals surface area contributed by atoms with Crippen molar-refractivity contribution in [2.45, 2.75) is 30.8 Å². The Hall–Kier alpha value is -2.30. The Labute approximate surface area is 188 Å². The van der Waals surface area contributed by atoms with Gasteiger partial charge in [0.1, 0.15) is 11.8 Å². The first kappa shape index (κ1) is 25.0. The normalized spacial score (nSPS) is 13.9. The second kappa shape index (κ2) is 9.46. The van der Waals surface area contributed by atoms with E-state index in [9.17, 15) is 21.6 Å². The Balaban J connectivity index is 2.31. The van der Waals surface area contributed by atoms with Crippen molar-refractivity contribution in [2.75, 3.05) is 23.9 Å². The number of amides is 1. The SMILES string of the molecule is COc1ccc(Cl)cc1N([C@@H](C)C(=O)N[C@@H](C)c1ccc(S(C)(=O)=O)cc1)S(C)(=O)=O. The van der Waals surface area contributed by atoms with Crippen LogP contribution in [0.15, 0.2) is 47.4 Å². The number of anilines is 1. The zero-order valence-electron chi connectivity index (χ0n) is 17.8. The predicted octanol–water partition coefficient (Wildman–Crippen LogP) is 2.78. The predicted molar refractivity (Wildman–Crippen MR) is 121 cm³/mol. The Morgan fingerprint density at radius 1 is 1.03 bits per heavy atom. The maximum atomic E-state index is 12.9. The molecule has 0 fully saturated rings. The van der Waals surface area contributed by atoms with Gasteiger partial charge in [-0.3, -0.25) is 9.10 Å². The molecule has 1 amide bonds. The molecule has 0 bridgehead atoms. The Kier molecular flexibility index (Phi) is 7.61. The first-order valence-electron chi connectivity index (χ1n) is 9.19. The summed E-state index contributed by atoms with van der Waals surface area (Å²) in [4.78, 5) is 13.1. The topological polar surface area (TPSA) is 110 Å². The van der Waals surface area contributed by atoms with E-state index >= 15 is 0 Å². The third-order valence-electron chi connectivity index (χ3n) is 4.63. The van der Waals surface area contributed by atoms with Gasteiger partial charge in [0.2, 0.25) is 15.9 Å². The molecule has 0 unspecified atom stereocenters. The third kappa shape index (κ3) is 6.11. The number of sulfone groups is 1. The fraction of sp³-hybridized carbons (Fsp3) is 0.350. The number of ether oxygens (including phenoxy) is 1. The van der Waals surface area contributed by atoms with Gasteiger partial charge in [0.15, 0.2) is 9.84 Å². The van der Waals surface area contributed by atoms with Gasteiger partial charge in [-0.05, 0) is 49.7 Å². The third-order valence-corrected chi connectivity index (χ3v) is 7.22. The van der Waals surface area contributed by atoms with Crippen LogP contribution in [0.4, 0.5) is 5.69 Å². The molecular weight excluding hydrogens is 464 g/mol. The molecule has 0 saturated heterocycles. The summed E-state index contributed by atoms with van der Waals surface area (Å²) in [6.45, 7) is 3.17. The number of benzene rings is 2. The molecule has 2 aromatic rings. The largest absolute Gasteiger partial charge is 0.495 e. The monoisotopic (exact) mass is 488 g/mol. The summed E-state index contributed by atoms with van der Waals surface area (Å²) in [7, 11) is -5.81. The number of sulfonamides is 1. The van der Waals surface area contributed by atoms with Crippen LogP contribution in [-0.4, -0.2) is 48.4 Å². The fourth-order valence-corrected chi connectivity index (χ4v) is 5.00. The summed E-state index contributed by atoms with van der Waals surface area (Å²) in [5.41, 5.74) is 0.810. The Morgan fingerprint density at radius 3 is 2.10 bits per heavy atom. The summed E-state index contributed by atoms with van der Waals surface area (Å²) < 4.78 is 54.5. The number of hydrogen-bond donors (Lipinski definition) is 1. The van der Waals surface area contributed by atoms with E-state index in [1.54, 1.807) is 25.1 Å². The van der Waals surface area contributed by atoms with Crippen molar-refractivity contribution < 1.29 is 26.4 Å². The number of rotatable bonds is 8. The highest BCUT2D eigenvalue weighted by atomic mass is 35.5. The molecular formula is C20H25ClN2O6S2. The standard InChI is InChI=1S/C20H25ClN2O6S2/c1-13(15-6-9-17(10-7-15)30(4,25)26)22-20(24)14(2)23(31(5,27)28)18-12-16(21)8-11-19(18)29-3/h6-14H,1-5H3,(H,22,24)/t13-,14-/m0/s1. The van der Waals surface area contributed by atoms with Crippen LogP contribution in [0.2, 0.25) is 5.02 Å². The molecule has 8 nitrogen and oxygen atoms in total. The first-order valence-corrected chi connectivity index (χ1v) is 13.3. The molecule has 0 saturated carbocycles. The molecule has 31 heavy (non-hydrogen) atoms. The highest BCUT2D eigenvalue weighted by Gasteiger charge is 2.32. The van der Waals surface area contributed by atoms with E-state index in [1.165, 1.54) is 38.3 Å². The second-order valence-electron chi connectivity index (χ2n) is 7.12. The molecule has 2 atom stereocenters. The maximum Gasteiger partial charge on any atom is 0.244 e. The lowest BCUT2D eigenvalue weighted by atomic mass is 10.1. The van der Waals surface area contributed by atoms with E-state index in [0.717, 1.165) is 16.8 Å². The minimum Gasteiger partial charge on any atom is -0.495 e. The van der Waals surface area contributed by atoms with E-state index in [0.29, 0.717) is 5.56 Å². The van der Waals surface area contributed by atoms with Crippen molar-refractivity contribution in [1.82, 2.24) is 5.32 Å². The number of nitrogens with zero attached hydrogens (tertiary/aromatic N) is 1. The Bertz CT molecular complexity index is 1160. The van der Waals surface area contributed by atoms with Gasteiger partial charge < -0.3 is 10.1 Å². The molecule has 0 aliphatic carbocycles. The molecule has 0 aromatic heterocycles. The van der Waals surface area contributed by atoms with Crippen LogP contribution in [-0.2, 0) is 24.7 Å². The quantitative estimate of drug-likeness (QED) is 0.611. The zero-order valence-corrected chi connectivity index (χ0v) is 20.2. The molecule has 0 radical (unpaired) electrons. The van der Waals surface area contributed by atoms with Crippen LogP contribution in [0.25, 0.3) is 0 Å². The minimum absolute atomic E-state index is 0.144. The summed E-state index contributed by atoms with van der Waals surface area (Å²) in [5, 5.41) is 3.05. The van der Waals surface area contributed by atoms with Crippen molar-refractivity contribution in [3.63, 3.8) is 0 Å². The molecule has 2 rings (SSSR count). The van der Waals surface area contributed by atoms with Gasteiger partial charge in [0.25, 0.3) is 0 Å². The van der Waals surface area contributed by atoms with Crippen LogP contribution in [0.1, 0.15) is 25.5 Å². The highest BCUT2D eigenvalue weighted by molar-refractivity contribution is 7.92. The average Bonchev–Trinajstić information content (AvgIpc) is 2.66. The lowest BCUT2D eigenvalue weighted by Gasteiger charge is -2.30. The van der Waals surface area contributed by atoms with Crippen LogP contribution >= 0.6 is 11.6 Å². The smallest absolute Gasteiger partial charge is 0.244 e. The van der Waals surface area contributed by atoms with Crippen molar-refractivity contribution >= 4 is 43.1 Å². The van der Waals surface area contributed by atoms with Gasteiger partial charge in [0, 0.05) is 11.3 Å². The van der Waals surface area contributed by atoms with E-state index in [1.807, 2.05) is 0 Å². The zero-order chi connectivity index (χ0) is 23.6. The van der Waals surface area contributed by atoms with Crippen molar-refractivity contribution in [3.05, 3.63) is 53.1 Å². The number of carbonyl (C=O) groups is 1. The maximum absolute atomic E-state index is 12.9.